The van der Waals surface area contributed by atoms with Crippen LogP contribution in [0, 0.1) is 0 Å². The van der Waals surface area contributed by atoms with Crippen LogP contribution in [0.15, 0.2) is 48.5 Å². The number of quaternary nitrogens is 1. The summed E-state index contributed by atoms with van der Waals surface area (Å²) in [6.45, 7) is 2.40. The van der Waals surface area contributed by atoms with Crippen molar-refractivity contribution >= 4 is 29.4 Å². The zero-order valence-electron chi connectivity index (χ0n) is 21.3. The Hall–Kier alpha value is -2.94. The number of halogens is 1. The van der Waals surface area contributed by atoms with Gasteiger partial charge in [0.05, 0.1) is 19.5 Å². The molecule has 1 saturated carbocycles. The first kappa shape index (κ1) is 27.1. The van der Waals surface area contributed by atoms with Gasteiger partial charge < -0.3 is 21.1 Å². The third-order valence-corrected chi connectivity index (χ3v) is 7.46. The average Bonchev–Trinajstić information content (AvgIpc) is 3.60. The highest BCUT2D eigenvalue weighted by atomic mass is 35.5. The Morgan fingerprint density at radius 3 is 2.57 bits per heavy atom. The second kappa shape index (κ2) is 12.1. The fourth-order valence-electron chi connectivity index (χ4n) is 5.02. The van der Waals surface area contributed by atoms with E-state index in [4.69, 9.17) is 22.1 Å². The lowest BCUT2D eigenvalue weighted by Gasteiger charge is -2.33. The summed E-state index contributed by atoms with van der Waals surface area (Å²) in [4.78, 5) is 39.2. The molecule has 1 aliphatic carbocycles. The highest BCUT2D eigenvalue weighted by molar-refractivity contribution is 6.30. The van der Waals surface area contributed by atoms with Crippen LogP contribution in [0.5, 0.6) is 5.75 Å². The number of carbonyl (C=O) groups is 3. The lowest BCUT2D eigenvalue weighted by molar-refractivity contribution is -0.785. The number of ether oxygens (including phenoxy) is 1. The van der Waals surface area contributed by atoms with Crippen LogP contribution < -0.4 is 21.1 Å². The van der Waals surface area contributed by atoms with Crippen molar-refractivity contribution in [2.24, 2.45) is 5.73 Å². The van der Waals surface area contributed by atoms with E-state index in [1.54, 1.807) is 18.2 Å². The Balaban J connectivity index is 1.41. The zero-order valence-corrected chi connectivity index (χ0v) is 22.0. The van der Waals surface area contributed by atoms with E-state index in [1.807, 2.05) is 37.3 Å². The van der Waals surface area contributed by atoms with Crippen molar-refractivity contribution in [1.82, 2.24) is 10.6 Å². The van der Waals surface area contributed by atoms with Gasteiger partial charge in [-0.05, 0) is 49.9 Å². The molecule has 2 aromatic rings. The van der Waals surface area contributed by atoms with Crippen LogP contribution in [0.3, 0.4) is 0 Å². The Morgan fingerprint density at radius 1 is 1.14 bits per heavy atom. The molecule has 0 bridgehead atoms. The van der Waals surface area contributed by atoms with Gasteiger partial charge in [-0.3, -0.25) is 4.79 Å². The second-order valence-electron chi connectivity index (χ2n) is 10.2. The molecule has 0 spiro atoms. The lowest BCUT2D eigenvalue weighted by atomic mass is 10.0. The van der Waals surface area contributed by atoms with E-state index in [9.17, 15) is 14.4 Å². The van der Waals surface area contributed by atoms with Gasteiger partial charge in [-0.15, -0.1) is 0 Å². The highest BCUT2D eigenvalue weighted by Gasteiger charge is 2.52. The predicted octanol–water partition coefficient (Wildman–Crippen LogP) is 3.69. The molecule has 1 unspecified atom stereocenters. The average molecular weight is 528 g/mol. The van der Waals surface area contributed by atoms with E-state index >= 15 is 0 Å². The molecule has 4 rings (SSSR count). The molecule has 8 nitrogen and oxygen atoms in total. The molecule has 2 aromatic carbocycles. The molecular formula is C28H36ClN4O4+. The summed E-state index contributed by atoms with van der Waals surface area (Å²) < 4.78 is 5.47. The van der Waals surface area contributed by atoms with Gasteiger partial charge in [0, 0.05) is 35.5 Å². The Kier molecular flexibility index (Phi) is 8.84. The Morgan fingerprint density at radius 2 is 1.89 bits per heavy atom. The van der Waals surface area contributed by atoms with Crippen molar-refractivity contribution in [3.05, 3.63) is 64.7 Å². The third-order valence-electron chi connectivity index (χ3n) is 7.22. The van der Waals surface area contributed by atoms with Gasteiger partial charge in [0.15, 0.2) is 6.61 Å². The quantitative estimate of drug-likeness (QED) is 0.408. The number of nitrogens with two attached hydrogens (primary N) is 1. The fraction of sp³-hybridized carbons (Fsp3) is 0.464. The SMILES string of the molecule is C[C@@H]1CCC[N+]1(C(=O)C[C@H](N)Cc1ccccc1)C(=O)NCc1cc(Cl)ccc1OCC(=O)NC1CC1. The molecule has 2 fully saturated rings. The number of benzene rings is 2. The topological polar surface area (TPSA) is 111 Å². The van der Waals surface area contributed by atoms with E-state index in [0.29, 0.717) is 29.3 Å². The zero-order chi connectivity index (χ0) is 26.4. The molecule has 2 aliphatic rings. The molecule has 4 amide bonds. The number of hydrogen-bond donors (Lipinski definition) is 3. The molecule has 9 heteroatoms. The van der Waals surface area contributed by atoms with E-state index in [-0.39, 0.29) is 60.0 Å². The minimum absolute atomic E-state index is 0.117. The van der Waals surface area contributed by atoms with Gasteiger partial charge in [0.2, 0.25) is 0 Å². The summed E-state index contributed by atoms with van der Waals surface area (Å²) in [5.41, 5.74) is 8.05. The van der Waals surface area contributed by atoms with E-state index < -0.39 is 0 Å². The van der Waals surface area contributed by atoms with Crippen LogP contribution >= 0.6 is 11.6 Å². The standard InChI is InChI=1S/C28H35ClN4O4/c1-19-6-5-13-33(19,27(35)16-23(30)14-20-7-3-2-4-8-20)28(36)31-17-21-15-22(29)9-12-25(21)37-18-26(34)32-24-10-11-24/h2-4,7-9,12,15,19,23-24H,5-6,10-11,13-14,16-18,30H2,1H3,(H-,31,32,34,36)/p+1/t19-,23-,33?/m1/s1. The Labute approximate surface area is 223 Å². The molecule has 1 heterocycles. The van der Waals surface area contributed by atoms with Crippen LogP contribution in [0.4, 0.5) is 4.79 Å². The minimum atomic E-state index is -0.375. The number of nitrogens with zero attached hydrogens (tertiary/aromatic N) is 1. The molecule has 198 valence electrons. The van der Waals surface area contributed by atoms with Crippen molar-refractivity contribution in [2.45, 2.75) is 70.1 Å². The van der Waals surface area contributed by atoms with Gasteiger partial charge in [-0.2, -0.15) is 4.48 Å². The molecule has 0 aromatic heterocycles. The molecule has 37 heavy (non-hydrogen) atoms. The third kappa shape index (κ3) is 6.89. The summed E-state index contributed by atoms with van der Waals surface area (Å²) in [5.74, 6) is 0.124. The molecule has 1 saturated heterocycles. The number of hydrogen-bond acceptors (Lipinski definition) is 5. The van der Waals surface area contributed by atoms with Crippen LogP contribution in [-0.4, -0.2) is 53.6 Å². The summed E-state index contributed by atoms with van der Waals surface area (Å²) in [7, 11) is 0. The predicted molar refractivity (Wildman–Crippen MR) is 142 cm³/mol. The number of carbonyl (C=O) groups excluding carboxylic acids is 3. The van der Waals surface area contributed by atoms with Gasteiger partial charge in [-0.1, -0.05) is 41.9 Å². The molecule has 3 atom stereocenters. The van der Waals surface area contributed by atoms with Gasteiger partial charge >= 0.3 is 11.9 Å². The molecular weight excluding hydrogens is 492 g/mol. The number of likely N-dealkylation sites (tertiary alicyclic amines) is 1. The van der Waals surface area contributed by atoms with Gasteiger partial charge in [0.25, 0.3) is 5.91 Å². The smallest absolute Gasteiger partial charge is 0.424 e. The fourth-order valence-corrected chi connectivity index (χ4v) is 5.21. The van der Waals surface area contributed by atoms with Crippen LogP contribution in [0.25, 0.3) is 0 Å². The summed E-state index contributed by atoms with van der Waals surface area (Å²) >= 11 is 6.20. The van der Waals surface area contributed by atoms with E-state index in [2.05, 4.69) is 10.6 Å². The largest absolute Gasteiger partial charge is 0.483 e. The highest BCUT2D eigenvalue weighted by Crippen LogP contribution is 2.30. The number of nitrogens with one attached hydrogen (secondary N) is 2. The minimum Gasteiger partial charge on any atom is -0.483 e. The maximum Gasteiger partial charge on any atom is 0.424 e. The molecule has 4 N–H and O–H groups in total. The molecule has 0 radical (unpaired) electrons. The van der Waals surface area contributed by atoms with Crippen LogP contribution in [0.1, 0.15) is 50.2 Å². The van der Waals surface area contributed by atoms with Gasteiger partial charge in [-0.25, -0.2) is 9.59 Å². The molecule has 1 aliphatic heterocycles. The monoisotopic (exact) mass is 527 g/mol. The summed E-state index contributed by atoms with van der Waals surface area (Å²) in [5, 5.41) is 6.32. The maximum absolute atomic E-state index is 13.6. The first-order valence-corrected chi connectivity index (χ1v) is 13.4. The van der Waals surface area contributed by atoms with E-state index in [0.717, 1.165) is 31.2 Å². The van der Waals surface area contributed by atoms with Crippen molar-refractivity contribution < 1.29 is 23.6 Å². The number of urea groups is 1. The van der Waals surface area contributed by atoms with Crippen molar-refractivity contribution in [1.29, 1.82) is 0 Å². The summed E-state index contributed by atoms with van der Waals surface area (Å²) in [6.07, 6.45) is 4.26. The van der Waals surface area contributed by atoms with Crippen molar-refractivity contribution in [3.63, 3.8) is 0 Å². The van der Waals surface area contributed by atoms with Crippen LogP contribution in [0.2, 0.25) is 5.02 Å². The van der Waals surface area contributed by atoms with E-state index in [1.165, 1.54) is 0 Å². The van der Waals surface area contributed by atoms with Gasteiger partial charge in [0.1, 0.15) is 11.8 Å². The van der Waals surface area contributed by atoms with Crippen molar-refractivity contribution in [3.8, 4) is 5.75 Å². The number of rotatable bonds is 10. The van der Waals surface area contributed by atoms with Crippen molar-refractivity contribution in [2.75, 3.05) is 13.2 Å². The number of imide groups is 1. The van der Waals surface area contributed by atoms with Crippen LogP contribution in [-0.2, 0) is 22.6 Å². The summed E-state index contributed by atoms with van der Waals surface area (Å²) in [6, 6.07) is 14.3. The first-order chi connectivity index (χ1) is 17.8. The normalized spacial score (nSPS) is 21.8. The lowest BCUT2D eigenvalue weighted by Crippen LogP contribution is -2.63. The Bertz CT molecular complexity index is 1120. The maximum atomic E-state index is 13.6. The second-order valence-corrected chi connectivity index (χ2v) is 10.6. The first-order valence-electron chi connectivity index (χ1n) is 13.0. The number of amides is 4.